The van der Waals surface area contributed by atoms with Gasteiger partial charge >= 0.3 is 0 Å². The highest BCUT2D eigenvalue weighted by Gasteiger charge is 2.24. The van der Waals surface area contributed by atoms with Crippen LogP contribution in [0.4, 0.5) is 5.69 Å². The number of anilines is 1. The molecule has 0 aliphatic carbocycles. The Morgan fingerprint density at radius 2 is 2.14 bits per heavy atom. The van der Waals surface area contributed by atoms with E-state index in [-0.39, 0.29) is 22.7 Å². The first-order valence-electron chi connectivity index (χ1n) is 5.85. The van der Waals surface area contributed by atoms with E-state index in [0.717, 1.165) is 4.31 Å². The van der Waals surface area contributed by atoms with Crippen LogP contribution >= 0.6 is 11.3 Å². The van der Waals surface area contributed by atoms with Crippen LogP contribution in [-0.2, 0) is 16.6 Å². The zero-order chi connectivity index (χ0) is 15.6. The van der Waals surface area contributed by atoms with Gasteiger partial charge in [0.15, 0.2) is 0 Å². The third-order valence-electron chi connectivity index (χ3n) is 2.85. The summed E-state index contributed by atoms with van der Waals surface area (Å²) in [5.74, 6) is -0.665. The zero-order valence-electron chi connectivity index (χ0n) is 11.2. The van der Waals surface area contributed by atoms with E-state index in [1.165, 1.54) is 36.6 Å². The number of hydrogen-bond acceptors (Lipinski definition) is 6. The summed E-state index contributed by atoms with van der Waals surface area (Å²) in [6, 6.07) is 3.87. The number of carbonyl (C=O) groups excluding carboxylic acids is 1. The number of hydrogen-bond donors (Lipinski definition) is 2. The van der Waals surface area contributed by atoms with Gasteiger partial charge < -0.3 is 11.5 Å². The van der Waals surface area contributed by atoms with E-state index in [0.29, 0.717) is 5.69 Å². The number of nitrogen functional groups attached to an aromatic ring is 1. The number of carbonyl (C=O) groups is 1. The molecule has 0 radical (unpaired) electrons. The third-order valence-corrected chi connectivity index (χ3v) is 5.36. The topological polar surface area (TPSA) is 119 Å². The number of primary amides is 1. The maximum absolute atomic E-state index is 12.5. The van der Waals surface area contributed by atoms with Crippen molar-refractivity contribution < 1.29 is 13.2 Å². The van der Waals surface area contributed by atoms with Crippen LogP contribution in [0.2, 0.25) is 0 Å². The molecule has 112 valence electrons. The lowest BCUT2D eigenvalue weighted by molar-refractivity contribution is 0.1000. The molecule has 4 N–H and O–H groups in total. The van der Waals surface area contributed by atoms with E-state index in [4.69, 9.17) is 11.5 Å². The van der Waals surface area contributed by atoms with Crippen molar-refractivity contribution in [3.05, 3.63) is 40.3 Å². The van der Waals surface area contributed by atoms with Gasteiger partial charge in [-0.3, -0.25) is 4.79 Å². The van der Waals surface area contributed by atoms with E-state index < -0.39 is 15.9 Å². The minimum atomic E-state index is -3.77. The minimum absolute atomic E-state index is 0.0172. The maximum Gasteiger partial charge on any atom is 0.248 e. The average Bonchev–Trinajstić information content (AvgIpc) is 2.90. The Morgan fingerprint density at radius 1 is 1.43 bits per heavy atom. The molecule has 1 aromatic carbocycles. The number of aromatic nitrogens is 1. The number of nitrogens with two attached hydrogens (primary N) is 2. The van der Waals surface area contributed by atoms with Gasteiger partial charge in [-0.05, 0) is 18.2 Å². The fourth-order valence-corrected chi connectivity index (χ4v) is 3.52. The molecule has 0 bridgehead atoms. The standard InChI is InChI=1S/C12H14N4O3S2/c1-16(5-9-6-20-7-15-9)21(18,19)11-3-2-8(12(14)17)4-10(11)13/h2-4,6-7H,5,13H2,1H3,(H2,14,17). The lowest BCUT2D eigenvalue weighted by atomic mass is 10.2. The molecule has 0 unspecified atom stereocenters. The molecule has 21 heavy (non-hydrogen) atoms. The Bertz CT molecular complexity index is 757. The van der Waals surface area contributed by atoms with Gasteiger partial charge in [-0.15, -0.1) is 11.3 Å². The Hall–Kier alpha value is -1.97. The van der Waals surface area contributed by atoms with Crippen molar-refractivity contribution in [2.24, 2.45) is 5.73 Å². The number of rotatable bonds is 5. The van der Waals surface area contributed by atoms with Crippen LogP contribution in [0.25, 0.3) is 0 Å². The van der Waals surface area contributed by atoms with Crippen LogP contribution in [0.5, 0.6) is 0 Å². The molecule has 0 saturated carbocycles. The number of amides is 1. The second kappa shape index (κ2) is 5.80. The van der Waals surface area contributed by atoms with E-state index in [9.17, 15) is 13.2 Å². The molecule has 0 atom stereocenters. The summed E-state index contributed by atoms with van der Waals surface area (Å²) < 4.78 is 26.1. The molecule has 2 aromatic rings. The summed E-state index contributed by atoms with van der Waals surface area (Å²) in [4.78, 5) is 15.0. The molecule has 9 heteroatoms. The van der Waals surface area contributed by atoms with Crippen LogP contribution in [0.1, 0.15) is 16.1 Å². The highest BCUT2D eigenvalue weighted by atomic mass is 32.2. The lowest BCUT2D eigenvalue weighted by Crippen LogP contribution is -2.27. The molecule has 0 aliphatic rings. The van der Waals surface area contributed by atoms with Crippen molar-refractivity contribution in [1.29, 1.82) is 0 Å². The van der Waals surface area contributed by atoms with E-state index in [1.807, 2.05) is 0 Å². The van der Waals surface area contributed by atoms with E-state index in [2.05, 4.69) is 4.98 Å². The molecule has 1 amide bonds. The van der Waals surface area contributed by atoms with Crippen molar-refractivity contribution in [3.8, 4) is 0 Å². The molecule has 0 spiro atoms. The summed E-state index contributed by atoms with van der Waals surface area (Å²) >= 11 is 1.39. The first kappa shape index (κ1) is 15.4. The summed E-state index contributed by atoms with van der Waals surface area (Å²) in [6.07, 6.45) is 0. The van der Waals surface area contributed by atoms with Crippen LogP contribution < -0.4 is 11.5 Å². The normalized spacial score (nSPS) is 11.7. The molecule has 7 nitrogen and oxygen atoms in total. The van der Waals surface area contributed by atoms with Gasteiger partial charge in [0.05, 0.1) is 23.4 Å². The molecule has 1 heterocycles. The highest BCUT2D eigenvalue weighted by Crippen LogP contribution is 2.23. The molecule has 0 saturated heterocycles. The maximum atomic E-state index is 12.5. The van der Waals surface area contributed by atoms with Gasteiger partial charge in [0.25, 0.3) is 0 Å². The molecule has 2 rings (SSSR count). The van der Waals surface area contributed by atoms with Gasteiger partial charge in [0.1, 0.15) is 4.90 Å². The average molecular weight is 326 g/mol. The number of benzene rings is 1. The highest BCUT2D eigenvalue weighted by molar-refractivity contribution is 7.89. The van der Waals surface area contributed by atoms with Gasteiger partial charge in [-0.1, -0.05) is 0 Å². The lowest BCUT2D eigenvalue weighted by Gasteiger charge is -2.17. The predicted octanol–water partition coefficient (Wildman–Crippen LogP) is 0.645. The van der Waals surface area contributed by atoms with Crippen LogP contribution in [0.15, 0.2) is 34.0 Å². The third kappa shape index (κ3) is 3.20. The number of nitrogens with zero attached hydrogens (tertiary/aromatic N) is 2. The van der Waals surface area contributed by atoms with Crippen molar-refractivity contribution in [2.75, 3.05) is 12.8 Å². The van der Waals surface area contributed by atoms with Crippen LogP contribution in [-0.4, -0.2) is 30.7 Å². The van der Waals surface area contributed by atoms with Crippen molar-refractivity contribution >= 4 is 33.0 Å². The summed E-state index contributed by atoms with van der Waals surface area (Å²) in [5.41, 5.74) is 13.3. The molecule has 1 aromatic heterocycles. The first-order valence-corrected chi connectivity index (χ1v) is 8.23. The SMILES string of the molecule is CN(Cc1cscn1)S(=O)(=O)c1ccc(C(N)=O)cc1N. The summed E-state index contributed by atoms with van der Waals surface area (Å²) in [5, 5.41) is 1.77. The van der Waals surface area contributed by atoms with Gasteiger partial charge in [-0.25, -0.2) is 13.4 Å². The fraction of sp³-hybridized carbons (Fsp3) is 0.167. The molecule has 0 aliphatic heterocycles. The Balaban J connectivity index is 2.33. The Morgan fingerprint density at radius 3 is 2.67 bits per heavy atom. The second-order valence-electron chi connectivity index (χ2n) is 4.36. The molecular formula is C12H14N4O3S2. The largest absolute Gasteiger partial charge is 0.398 e. The van der Waals surface area contributed by atoms with Crippen LogP contribution in [0, 0.1) is 0 Å². The van der Waals surface area contributed by atoms with E-state index >= 15 is 0 Å². The van der Waals surface area contributed by atoms with Crippen molar-refractivity contribution in [1.82, 2.24) is 9.29 Å². The minimum Gasteiger partial charge on any atom is -0.398 e. The number of thiazole rings is 1. The Kier molecular flexibility index (Phi) is 4.26. The van der Waals surface area contributed by atoms with Gasteiger partial charge in [0, 0.05) is 18.0 Å². The van der Waals surface area contributed by atoms with Gasteiger partial charge in [0.2, 0.25) is 15.9 Å². The fourth-order valence-electron chi connectivity index (χ4n) is 1.73. The van der Waals surface area contributed by atoms with Crippen LogP contribution in [0.3, 0.4) is 0 Å². The molecular weight excluding hydrogens is 312 g/mol. The summed E-state index contributed by atoms with van der Waals surface area (Å²) in [6.45, 7) is 0.142. The molecule has 0 fully saturated rings. The quantitative estimate of drug-likeness (QED) is 0.782. The van der Waals surface area contributed by atoms with Crippen molar-refractivity contribution in [3.63, 3.8) is 0 Å². The predicted molar refractivity (Wildman–Crippen MR) is 80.1 cm³/mol. The van der Waals surface area contributed by atoms with E-state index in [1.54, 1.807) is 10.9 Å². The summed E-state index contributed by atoms with van der Waals surface area (Å²) in [7, 11) is -2.33. The monoisotopic (exact) mass is 326 g/mol. The number of sulfonamides is 1. The second-order valence-corrected chi connectivity index (χ2v) is 7.09. The Labute approximate surface area is 126 Å². The zero-order valence-corrected chi connectivity index (χ0v) is 12.8. The first-order chi connectivity index (χ1) is 9.82. The van der Waals surface area contributed by atoms with Gasteiger partial charge in [-0.2, -0.15) is 4.31 Å². The van der Waals surface area contributed by atoms with Crippen molar-refractivity contribution in [2.45, 2.75) is 11.4 Å². The smallest absolute Gasteiger partial charge is 0.248 e.